The molecule has 0 unspecified atom stereocenters. The van der Waals surface area contributed by atoms with Gasteiger partial charge in [-0.15, -0.1) is 0 Å². The number of nitrogen functional groups attached to an aromatic ring is 1. The molecule has 0 bridgehead atoms. The highest BCUT2D eigenvalue weighted by Crippen LogP contribution is 2.42. The molecule has 0 radical (unpaired) electrons. The zero-order chi connectivity index (χ0) is 22.6. The Balaban J connectivity index is 1.81. The fourth-order valence-corrected chi connectivity index (χ4v) is 4.11. The van der Waals surface area contributed by atoms with Crippen LogP contribution in [0.1, 0.15) is 6.92 Å². The van der Waals surface area contributed by atoms with Crippen LogP contribution in [0.2, 0.25) is 0 Å². The lowest BCUT2D eigenvalue weighted by molar-refractivity contribution is 0.318. The van der Waals surface area contributed by atoms with Crippen LogP contribution in [0.3, 0.4) is 0 Å². The second kappa shape index (κ2) is 9.05. The average Bonchev–Trinajstić information content (AvgIpc) is 3.24. The van der Waals surface area contributed by atoms with Crippen molar-refractivity contribution in [1.82, 2.24) is 9.78 Å². The van der Waals surface area contributed by atoms with Crippen LogP contribution in [0.25, 0.3) is 39.2 Å². The number of rotatable bonds is 6. The maximum absolute atomic E-state index is 6.27. The van der Waals surface area contributed by atoms with Crippen molar-refractivity contribution >= 4 is 5.69 Å². The van der Waals surface area contributed by atoms with E-state index in [0.29, 0.717) is 6.61 Å². The van der Waals surface area contributed by atoms with Crippen LogP contribution in [-0.4, -0.2) is 16.4 Å². The quantitative estimate of drug-likeness (QED) is 0.299. The number of benzene rings is 4. The van der Waals surface area contributed by atoms with Crippen LogP contribution in [0.4, 0.5) is 5.69 Å². The molecular weight excluding hydrogens is 406 g/mol. The second-order valence-corrected chi connectivity index (χ2v) is 7.75. The molecule has 0 atom stereocenters. The molecule has 5 rings (SSSR count). The zero-order valence-electron chi connectivity index (χ0n) is 18.5. The van der Waals surface area contributed by atoms with Gasteiger partial charge in [0.15, 0.2) is 0 Å². The number of para-hydroxylation sites is 1. The Morgan fingerprint density at radius 3 is 2.06 bits per heavy atom. The highest BCUT2D eigenvalue weighted by molar-refractivity contribution is 5.86. The Morgan fingerprint density at radius 2 is 1.36 bits per heavy atom. The second-order valence-electron chi connectivity index (χ2n) is 7.75. The highest BCUT2D eigenvalue weighted by Gasteiger charge is 2.24. The molecule has 0 spiro atoms. The SMILES string of the molecule is CCOc1c(-c2ccccc2)c(-c2ccccc2)nn1-c1ccccc1-c1cccc(N)c1. The summed E-state index contributed by atoms with van der Waals surface area (Å²) < 4.78 is 8.19. The van der Waals surface area contributed by atoms with Crippen LogP contribution in [0.15, 0.2) is 109 Å². The van der Waals surface area contributed by atoms with Crippen molar-refractivity contribution < 1.29 is 4.74 Å². The lowest BCUT2D eigenvalue weighted by Crippen LogP contribution is -2.04. The largest absolute Gasteiger partial charge is 0.477 e. The third-order valence-corrected chi connectivity index (χ3v) is 5.56. The summed E-state index contributed by atoms with van der Waals surface area (Å²) in [6.45, 7) is 2.53. The van der Waals surface area contributed by atoms with E-state index in [1.807, 2.05) is 78.3 Å². The molecule has 0 aliphatic rings. The third kappa shape index (κ3) is 3.99. The van der Waals surface area contributed by atoms with E-state index < -0.39 is 0 Å². The van der Waals surface area contributed by atoms with Gasteiger partial charge in [0.2, 0.25) is 5.88 Å². The van der Waals surface area contributed by atoms with Gasteiger partial charge in [-0.2, -0.15) is 9.78 Å². The molecule has 1 heterocycles. The number of hydrogen-bond acceptors (Lipinski definition) is 3. The summed E-state index contributed by atoms with van der Waals surface area (Å²) in [5.74, 6) is 0.721. The number of ether oxygens (including phenoxy) is 1. The minimum atomic E-state index is 0.528. The van der Waals surface area contributed by atoms with Crippen molar-refractivity contribution in [3.63, 3.8) is 0 Å². The maximum atomic E-state index is 6.27. The number of hydrogen-bond donors (Lipinski definition) is 1. The summed E-state index contributed by atoms with van der Waals surface area (Å²) in [4.78, 5) is 0. The van der Waals surface area contributed by atoms with Crippen molar-refractivity contribution in [2.45, 2.75) is 6.92 Å². The van der Waals surface area contributed by atoms with E-state index in [1.54, 1.807) is 0 Å². The van der Waals surface area contributed by atoms with Crippen LogP contribution < -0.4 is 10.5 Å². The molecule has 4 aromatic carbocycles. The van der Waals surface area contributed by atoms with E-state index in [0.717, 1.165) is 50.8 Å². The monoisotopic (exact) mass is 431 g/mol. The summed E-state index contributed by atoms with van der Waals surface area (Å²) in [6, 6.07) is 36.7. The maximum Gasteiger partial charge on any atom is 0.225 e. The lowest BCUT2D eigenvalue weighted by Gasteiger charge is -2.14. The van der Waals surface area contributed by atoms with Gasteiger partial charge in [-0.05, 0) is 36.2 Å². The minimum Gasteiger partial charge on any atom is -0.477 e. The first kappa shape index (κ1) is 20.6. The average molecular weight is 432 g/mol. The van der Waals surface area contributed by atoms with Gasteiger partial charge in [-0.1, -0.05) is 91.0 Å². The molecule has 2 N–H and O–H groups in total. The van der Waals surface area contributed by atoms with Crippen molar-refractivity contribution in [3.05, 3.63) is 109 Å². The Labute approximate surface area is 193 Å². The van der Waals surface area contributed by atoms with Gasteiger partial charge in [0.05, 0.1) is 17.9 Å². The first-order valence-corrected chi connectivity index (χ1v) is 11.1. The molecule has 0 aliphatic heterocycles. The number of anilines is 1. The van der Waals surface area contributed by atoms with E-state index in [-0.39, 0.29) is 0 Å². The number of nitrogens with zero attached hydrogens (tertiary/aromatic N) is 2. The molecule has 5 aromatic rings. The summed E-state index contributed by atoms with van der Waals surface area (Å²) in [5, 5.41) is 5.11. The fraction of sp³-hybridized carbons (Fsp3) is 0.0690. The van der Waals surface area contributed by atoms with Gasteiger partial charge in [-0.3, -0.25) is 0 Å². The van der Waals surface area contributed by atoms with Crippen molar-refractivity contribution in [1.29, 1.82) is 0 Å². The van der Waals surface area contributed by atoms with E-state index in [9.17, 15) is 0 Å². The molecule has 4 nitrogen and oxygen atoms in total. The minimum absolute atomic E-state index is 0.528. The van der Waals surface area contributed by atoms with E-state index >= 15 is 0 Å². The van der Waals surface area contributed by atoms with Gasteiger partial charge >= 0.3 is 0 Å². The number of nitrogens with two attached hydrogens (primary N) is 1. The molecule has 0 aliphatic carbocycles. The summed E-state index contributed by atoms with van der Waals surface area (Å²) in [7, 11) is 0. The highest BCUT2D eigenvalue weighted by atomic mass is 16.5. The molecular formula is C29H25N3O. The summed E-state index contributed by atoms with van der Waals surface area (Å²) in [5.41, 5.74) is 13.8. The van der Waals surface area contributed by atoms with E-state index in [4.69, 9.17) is 15.6 Å². The molecule has 0 saturated heterocycles. The fourth-order valence-electron chi connectivity index (χ4n) is 4.11. The molecule has 0 fully saturated rings. The van der Waals surface area contributed by atoms with Crippen molar-refractivity contribution in [3.8, 4) is 45.1 Å². The zero-order valence-corrected chi connectivity index (χ0v) is 18.5. The van der Waals surface area contributed by atoms with Gasteiger partial charge in [-0.25, -0.2) is 0 Å². The van der Waals surface area contributed by atoms with Crippen LogP contribution in [-0.2, 0) is 0 Å². The smallest absolute Gasteiger partial charge is 0.225 e. The third-order valence-electron chi connectivity index (χ3n) is 5.56. The van der Waals surface area contributed by atoms with E-state index in [2.05, 4.69) is 42.5 Å². The van der Waals surface area contributed by atoms with Gasteiger partial charge in [0, 0.05) is 16.8 Å². The predicted molar refractivity (Wildman–Crippen MR) is 135 cm³/mol. The molecule has 33 heavy (non-hydrogen) atoms. The molecule has 0 amide bonds. The van der Waals surface area contributed by atoms with Crippen LogP contribution in [0.5, 0.6) is 5.88 Å². The van der Waals surface area contributed by atoms with E-state index in [1.165, 1.54) is 0 Å². The van der Waals surface area contributed by atoms with Gasteiger partial charge in [0.25, 0.3) is 0 Å². The van der Waals surface area contributed by atoms with Crippen LogP contribution >= 0.6 is 0 Å². The van der Waals surface area contributed by atoms with Crippen molar-refractivity contribution in [2.75, 3.05) is 12.3 Å². The topological polar surface area (TPSA) is 53.1 Å². The standard InChI is InChI=1S/C29H25N3O/c1-2-33-29-27(21-12-5-3-6-13-21)28(22-14-7-4-8-15-22)31-32(29)26-19-10-9-18-25(26)23-16-11-17-24(30)20-23/h3-20H,2,30H2,1H3. The Kier molecular flexibility index (Phi) is 5.64. The first-order valence-electron chi connectivity index (χ1n) is 11.1. The molecule has 0 saturated carbocycles. The molecule has 1 aromatic heterocycles. The number of aromatic nitrogens is 2. The first-order chi connectivity index (χ1) is 16.3. The Bertz CT molecular complexity index is 1370. The van der Waals surface area contributed by atoms with Gasteiger partial charge < -0.3 is 10.5 Å². The lowest BCUT2D eigenvalue weighted by atomic mass is 10.0. The van der Waals surface area contributed by atoms with Crippen LogP contribution in [0, 0.1) is 0 Å². The Hall–Kier alpha value is -4.31. The predicted octanol–water partition coefficient (Wildman–Crippen LogP) is 6.85. The molecule has 162 valence electrons. The van der Waals surface area contributed by atoms with Crippen molar-refractivity contribution in [2.24, 2.45) is 0 Å². The Morgan fingerprint density at radius 1 is 0.727 bits per heavy atom. The van der Waals surface area contributed by atoms with Gasteiger partial charge in [0.1, 0.15) is 5.69 Å². The molecule has 4 heteroatoms. The summed E-state index contributed by atoms with van der Waals surface area (Å²) >= 11 is 0. The summed E-state index contributed by atoms with van der Waals surface area (Å²) in [6.07, 6.45) is 0. The normalized spacial score (nSPS) is 10.8.